The molecule has 2 heterocycles. The second kappa shape index (κ2) is 11.8. The quantitative estimate of drug-likeness (QED) is 0.202. The van der Waals surface area contributed by atoms with E-state index >= 15 is 0 Å². The van der Waals surface area contributed by atoms with E-state index in [0.29, 0.717) is 32.1 Å². The zero-order valence-electron chi connectivity index (χ0n) is 20.7. The van der Waals surface area contributed by atoms with Crippen molar-refractivity contribution in [1.82, 2.24) is 14.8 Å². The molecule has 0 aliphatic carbocycles. The Morgan fingerprint density at radius 2 is 1.89 bits per heavy atom. The van der Waals surface area contributed by atoms with E-state index in [-0.39, 0.29) is 18.3 Å². The Hall–Kier alpha value is -3.34. The van der Waals surface area contributed by atoms with Crippen LogP contribution < -0.4 is 10.1 Å². The molecule has 1 amide bonds. The number of hydrogen-bond donors (Lipinski definition) is 1. The molecule has 192 valence electrons. The van der Waals surface area contributed by atoms with Crippen LogP contribution in [0.15, 0.2) is 53.0 Å². The van der Waals surface area contributed by atoms with Crippen LogP contribution >= 0.6 is 34.7 Å². The number of esters is 1. The summed E-state index contributed by atoms with van der Waals surface area (Å²) in [6.07, 6.45) is 0. The second-order valence-corrected chi connectivity index (χ2v) is 10.5. The number of thioether (sulfide) groups is 1. The number of methoxy groups -OCH3 is 1. The summed E-state index contributed by atoms with van der Waals surface area (Å²) in [5.74, 6) is 0.699. The number of benzene rings is 2. The van der Waals surface area contributed by atoms with Gasteiger partial charge in [0.25, 0.3) is 0 Å². The molecule has 2 aromatic carbocycles. The van der Waals surface area contributed by atoms with Gasteiger partial charge >= 0.3 is 5.97 Å². The number of carbonyl (C=O) groups excluding carboxylic acids is 2. The molecule has 0 saturated carbocycles. The number of hydrogen-bond acceptors (Lipinski definition) is 8. The number of amides is 1. The van der Waals surface area contributed by atoms with Gasteiger partial charge in [-0.1, -0.05) is 53.2 Å². The van der Waals surface area contributed by atoms with Crippen LogP contribution in [0.25, 0.3) is 11.1 Å². The van der Waals surface area contributed by atoms with Gasteiger partial charge in [0, 0.05) is 23.0 Å². The molecule has 4 aromatic rings. The lowest BCUT2D eigenvalue weighted by Gasteiger charge is -2.10. The van der Waals surface area contributed by atoms with Crippen LogP contribution in [0, 0.1) is 13.8 Å². The van der Waals surface area contributed by atoms with Crippen molar-refractivity contribution in [3.8, 4) is 16.9 Å². The Balaban J connectivity index is 1.40. The molecular weight excluding hydrogens is 532 g/mol. The summed E-state index contributed by atoms with van der Waals surface area (Å²) in [5.41, 5.74) is 3.98. The van der Waals surface area contributed by atoms with Gasteiger partial charge in [-0.15, -0.1) is 21.5 Å². The maximum absolute atomic E-state index is 12.8. The first kappa shape index (κ1) is 26.7. The summed E-state index contributed by atoms with van der Waals surface area (Å²) in [4.78, 5) is 25.3. The third kappa shape index (κ3) is 6.33. The number of carbonyl (C=O) groups is 2. The van der Waals surface area contributed by atoms with Crippen LogP contribution in [0.5, 0.6) is 5.75 Å². The van der Waals surface area contributed by atoms with Gasteiger partial charge in [-0.05, 0) is 43.2 Å². The Morgan fingerprint density at radius 3 is 2.59 bits per heavy atom. The summed E-state index contributed by atoms with van der Waals surface area (Å²) >= 11 is 8.49. The van der Waals surface area contributed by atoms with Crippen LogP contribution in [0.3, 0.4) is 0 Å². The largest absolute Gasteiger partial charge is 0.485 e. The van der Waals surface area contributed by atoms with Crippen molar-refractivity contribution in [2.75, 3.05) is 18.2 Å². The highest BCUT2D eigenvalue weighted by Crippen LogP contribution is 2.36. The lowest BCUT2D eigenvalue weighted by molar-refractivity contribution is -0.113. The lowest BCUT2D eigenvalue weighted by Crippen LogP contribution is -2.16. The summed E-state index contributed by atoms with van der Waals surface area (Å²) in [6, 6.07) is 13.1. The van der Waals surface area contributed by atoms with Gasteiger partial charge in [-0.2, -0.15) is 0 Å². The molecule has 0 atom stereocenters. The predicted octanol–water partition coefficient (Wildman–Crippen LogP) is 5.91. The number of halogens is 1. The molecule has 11 heteroatoms. The second-order valence-electron chi connectivity index (χ2n) is 8.20. The Kier molecular flexibility index (Phi) is 8.52. The summed E-state index contributed by atoms with van der Waals surface area (Å²) in [7, 11) is 3.14. The monoisotopic (exact) mass is 556 g/mol. The van der Waals surface area contributed by atoms with E-state index in [0.717, 1.165) is 16.9 Å². The molecule has 0 bridgehead atoms. The number of aromatic nitrogens is 3. The van der Waals surface area contributed by atoms with Crippen molar-refractivity contribution in [3.05, 3.63) is 75.4 Å². The van der Waals surface area contributed by atoms with Crippen molar-refractivity contribution >= 4 is 51.6 Å². The first-order chi connectivity index (χ1) is 17.8. The van der Waals surface area contributed by atoms with Crippen LogP contribution in [0.1, 0.15) is 27.3 Å². The minimum atomic E-state index is -0.532. The predicted molar refractivity (Wildman–Crippen MR) is 147 cm³/mol. The van der Waals surface area contributed by atoms with E-state index in [2.05, 4.69) is 21.6 Å². The van der Waals surface area contributed by atoms with E-state index in [1.807, 2.05) is 50.5 Å². The molecule has 37 heavy (non-hydrogen) atoms. The minimum Gasteiger partial charge on any atom is -0.485 e. The molecular formula is C26H25ClN4O4S2. The highest BCUT2D eigenvalue weighted by molar-refractivity contribution is 7.99. The van der Waals surface area contributed by atoms with Crippen molar-refractivity contribution < 1.29 is 19.1 Å². The Morgan fingerprint density at radius 1 is 1.14 bits per heavy atom. The average Bonchev–Trinajstić information content (AvgIpc) is 3.45. The molecule has 2 aromatic heterocycles. The van der Waals surface area contributed by atoms with Gasteiger partial charge in [0.05, 0.1) is 12.9 Å². The van der Waals surface area contributed by atoms with Gasteiger partial charge in [0.15, 0.2) is 11.0 Å². The Bertz CT molecular complexity index is 1430. The number of nitrogens with one attached hydrogen (secondary N) is 1. The van der Waals surface area contributed by atoms with Crippen molar-refractivity contribution in [2.45, 2.75) is 25.6 Å². The number of thiophene rings is 1. The van der Waals surface area contributed by atoms with Crippen LogP contribution in [0.4, 0.5) is 5.00 Å². The van der Waals surface area contributed by atoms with Crippen LogP contribution in [-0.2, 0) is 23.2 Å². The maximum atomic E-state index is 12.8. The minimum absolute atomic E-state index is 0.0820. The average molecular weight is 557 g/mol. The van der Waals surface area contributed by atoms with Crippen LogP contribution in [-0.4, -0.2) is 39.5 Å². The number of anilines is 1. The van der Waals surface area contributed by atoms with Crippen molar-refractivity contribution in [1.29, 1.82) is 0 Å². The molecule has 4 rings (SSSR count). The molecule has 0 saturated heterocycles. The van der Waals surface area contributed by atoms with E-state index in [4.69, 9.17) is 21.1 Å². The van der Waals surface area contributed by atoms with E-state index in [1.165, 1.54) is 35.8 Å². The van der Waals surface area contributed by atoms with Gasteiger partial charge < -0.3 is 19.4 Å². The molecule has 0 fully saturated rings. The maximum Gasteiger partial charge on any atom is 0.341 e. The first-order valence-corrected chi connectivity index (χ1v) is 13.5. The lowest BCUT2D eigenvalue weighted by atomic mass is 10.0. The zero-order chi connectivity index (χ0) is 26.5. The fraction of sp³-hybridized carbons (Fsp3) is 0.231. The molecule has 0 spiro atoms. The zero-order valence-corrected chi connectivity index (χ0v) is 23.1. The third-order valence-electron chi connectivity index (χ3n) is 5.53. The van der Waals surface area contributed by atoms with E-state index in [1.54, 1.807) is 16.7 Å². The highest BCUT2D eigenvalue weighted by atomic mass is 35.5. The fourth-order valence-corrected chi connectivity index (χ4v) is 5.42. The van der Waals surface area contributed by atoms with Crippen molar-refractivity contribution in [3.63, 3.8) is 0 Å². The topological polar surface area (TPSA) is 95.3 Å². The molecule has 0 radical (unpaired) electrons. The standard InChI is InChI=1S/C26H25ClN4O4S2/c1-15-5-10-20(16(2)11-15)35-12-21-29-30-26(31(21)3)37-14-22(32)28-24-23(25(33)34-4)19(13-36-24)17-6-8-18(27)9-7-17/h5-11,13H,12,14H2,1-4H3,(H,28,32). The number of aryl methyl sites for hydroxylation is 2. The van der Waals surface area contributed by atoms with Gasteiger partial charge in [0.1, 0.15) is 22.9 Å². The summed E-state index contributed by atoms with van der Waals surface area (Å²) in [6.45, 7) is 4.29. The molecule has 0 aliphatic rings. The third-order valence-corrected chi connectivity index (χ3v) is 7.70. The number of ether oxygens (including phenoxy) is 2. The summed E-state index contributed by atoms with van der Waals surface area (Å²) < 4.78 is 12.7. The van der Waals surface area contributed by atoms with Gasteiger partial charge in [-0.25, -0.2) is 4.79 Å². The Labute approximate surface area is 228 Å². The molecule has 0 aliphatic heterocycles. The van der Waals surface area contributed by atoms with E-state index < -0.39 is 5.97 Å². The van der Waals surface area contributed by atoms with Gasteiger partial charge in [-0.3, -0.25) is 4.79 Å². The number of rotatable bonds is 9. The molecule has 0 unspecified atom stereocenters. The SMILES string of the molecule is COC(=O)c1c(-c2ccc(Cl)cc2)csc1NC(=O)CSc1nnc(COc2ccc(C)cc2C)n1C. The first-order valence-electron chi connectivity index (χ1n) is 11.2. The number of nitrogens with zero attached hydrogens (tertiary/aromatic N) is 3. The molecule has 8 nitrogen and oxygen atoms in total. The normalized spacial score (nSPS) is 10.8. The van der Waals surface area contributed by atoms with E-state index in [9.17, 15) is 9.59 Å². The molecule has 1 N–H and O–H groups in total. The van der Waals surface area contributed by atoms with Gasteiger partial charge in [0.2, 0.25) is 5.91 Å². The summed E-state index contributed by atoms with van der Waals surface area (Å²) in [5, 5.41) is 14.6. The smallest absolute Gasteiger partial charge is 0.341 e. The van der Waals surface area contributed by atoms with Crippen molar-refractivity contribution in [2.24, 2.45) is 7.05 Å². The highest BCUT2D eigenvalue weighted by Gasteiger charge is 2.23. The van der Waals surface area contributed by atoms with Crippen LogP contribution in [0.2, 0.25) is 5.02 Å². The fourth-order valence-electron chi connectivity index (χ4n) is 3.59.